The summed E-state index contributed by atoms with van der Waals surface area (Å²) >= 11 is 0. The lowest BCUT2D eigenvalue weighted by molar-refractivity contribution is 0.188. The SMILES string of the molecule is C.C.C=C[Si](C)(C)OCCO[Si](O[Si](C)(C)C=C)(c1ccccc1)c1ccccc1. The van der Waals surface area contributed by atoms with Crippen molar-refractivity contribution in [1.82, 2.24) is 0 Å². The molecule has 0 spiro atoms. The molecule has 0 saturated carbocycles. The van der Waals surface area contributed by atoms with Crippen LogP contribution in [0, 0.1) is 0 Å². The third-order valence-corrected chi connectivity index (χ3v) is 13.5. The molecule has 30 heavy (non-hydrogen) atoms. The minimum Gasteiger partial charge on any atom is -0.426 e. The maximum atomic E-state index is 6.88. The van der Waals surface area contributed by atoms with Crippen LogP contribution in [0.15, 0.2) is 85.2 Å². The zero-order valence-electron chi connectivity index (χ0n) is 17.5. The molecule has 6 heteroatoms. The Morgan fingerprint density at radius 1 is 0.667 bits per heavy atom. The van der Waals surface area contributed by atoms with E-state index in [1.54, 1.807) is 0 Å². The van der Waals surface area contributed by atoms with Crippen molar-refractivity contribution in [3.63, 3.8) is 0 Å². The van der Waals surface area contributed by atoms with E-state index in [4.69, 9.17) is 13.0 Å². The van der Waals surface area contributed by atoms with Crippen molar-refractivity contribution in [3.05, 3.63) is 85.2 Å². The molecule has 0 aliphatic rings. The van der Waals surface area contributed by atoms with E-state index in [2.05, 4.69) is 63.6 Å². The lowest BCUT2D eigenvalue weighted by Crippen LogP contribution is -2.67. The second kappa shape index (κ2) is 12.3. The second-order valence-corrected chi connectivity index (χ2v) is 18.8. The first-order valence-corrected chi connectivity index (χ1v) is 17.4. The van der Waals surface area contributed by atoms with Gasteiger partial charge in [-0.25, -0.2) is 0 Å². The Morgan fingerprint density at radius 3 is 1.47 bits per heavy atom. The van der Waals surface area contributed by atoms with Crippen molar-refractivity contribution in [2.45, 2.75) is 41.0 Å². The maximum absolute atomic E-state index is 6.88. The molecule has 0 heterocycles. The number of hydrogen-bond donors (Lipinski definition) is 0. The molecule has 0 saturated heterocycles. The number of rotatable bonds is 11. The van der Waals surface area contributed by atoms with Gasteiger partial charge in [0.25, 0.3) is 0 Å². The van der Waals surface area contributed by atoms with Gasteiger partial charge < -0.3 is 13.0 Å². The predicted molar refractivity (Wildman–Crippen MR) is 140 cm³/mol. The van der Waals surface area contributed by atoms with Crippen LogP contribution < -0.4 is 10.4 Å². The van der Waals surface area contributed by atoms with E-state index < -0.39 is 25.2 Å². The van der Waals surface area contributed by atoms with Crippen LogP contribution in [-0.2, 0) is 13.0 Å². The Kier molecular flexibility index (Phi) is 11.7. The summed E-state index contributed by atoms with van der Waals surface area (Å²) in [4.78, 5) is 0. The fourth-order valence-corrected chi connectivity index (χ4v) is 10.3. The van der Waals surface area contributed by atoms with Crippen LogP contribution in [0.5, 0.6) is 0 Å². The van der Waals surface area contributed by atoms with Gasteiger partial charge in [-0.15, -0.1) is 13.2 Å². The Hall–Kier alpha value is -1.55. The average Bonchev–Trinajstić information content (AvgIpc) is 2.71. The summed E-state index contributed by atoms with van der Waals surface area (Å²) < 4.78 is 19.6. The molecule has 3 nitrogen and oxygen atoms in total. The third kappa shape index (κ3) is 7.61. The van der Waals surface area contributed by atoms with Crippen molar-refractivity contribution in [3.8, 4) is 0 Å². The van der Waals surface area contributed by atoms with Gasteiger partial charge in [-0.05, 0) is 36.6 Å². The minimum atomic E-state index is -2.91. The van der Waals surface area contributed by atoms with Crippen LogP contribution in [0.2, 0.25) is 26.2 Å². The van der Waals surface area contributed by atoms with Crippen molar-refractivity contribution >= 4 is 35.6 Å². The molecule has 0 N–H and O–H groups in total. The molecule has 0 amide bonds. The molecule has 0 atom stereocenters. The van der Waals surface area contributed by atoms with E-state index in [9.17, 15) is 0 Å². The van der Waals surface area contributed by atoms with Crippen LogP contribution >= 0.6 is 0 Å². The number of hydrogen-bond acceptors (Lipinski definition) is 3. The molecule has 2 aromatic carbocycles. The third-order valence-electron chi connectivity index (χ3n) is 4.56. The number of benzene rings is 2. The van der Waals surface area contributed by atoms with Crippen LogP contribution in [0.25, 0.3) is 0 Å². The zero-order valence-corrected chi connectivity index (χ0v) is 20.5. The topological polar surface area (TPSA) is 27.7 Å². The van der Waals surface area contributed by atoms with Gasteiger partial charge >= 0.3 is 8.56 Å². The lowest BCUT2D eigenvalue weighted by atomic mass is 10.4. The molecule has 0 unspecified atom stereocenters. The monoisotopic (exact) mass is 460 g/mol. The van der Waals surface area contributed by atoms with Crippen molar-refractivity contribution in [2.75, 3.05) is 13.2 Å². The summed E-state index contributed by atoms with van der Waals surface area (Å²) in [7, 11) is -6.88. The van der Waals surface area contributed by atoms with Crippen LogP contribution in [-0.4, -0.2) is 38.4 Å². The molecule has 0 fully saturated rings. The first kappa shape index (κ1) is 28.5. The highest BCUT2D eigenvalue weighted by atomic mass is 28.4. The highest BCUT2D eigenvalue weighted by Crippen LogP contribution is 2.18. The van der Waals surface area contributed by atoms with E-state index in [0.29, 0.717) is 13.2 Å². The molecular weight excluding hydrogens is 421 g/mol. The van der Waals surface area contributed by atoms with Gasteiger partial charge in [0, 0.05) is 0 Å². The standard InChI is InChI=1S/C22H32O3Si3.2CH4/c1-7-26(3,4)23-19-20-24-28(25-27(5,6)8-2,21-15-11-9-12-16-21)22-17-13-10-14-18-22;;/h7-18H,1-2,19-20H2,3-6H3;2*1H4. The molecular formula is C24H40O3Si3. The molecule has 0 aromatic heterocycles. The van der Waals surface area contributed by atoms with E-state index in [1.165, 1.54) is 0 Å². The van der Waals surface area contributed by atoms with E-state index in [-0.39, 0.29) is 14.9 Å². The smallest absolute Gasteiger partial charge is 0.397 e. The predicted octanol–water partition coefficient (Wildman–Crippen LogP) is 5.43. The van der Waals surface area contributed by atoms with Crippen molar-refractivity contribution in [1.29, 1.82) is 0 Å². The van der Waals surface area contributed by atoms with Crippen LogP contribution in [0.4, 0.5) is 0 Å². The van der Waals surface area contributed by atoms with Gasteiger partial charge in [-0.2, -0.15) is 0 Å². The fourth-order valence-electron chi connectivity index (χ4n) is 2.76. The van der Waals surface area contributed by atoms with Gasteiger partial charge in [-0.3, -0.25) is 0 Å². The Bertz CT molecular complexity index is 722. The highest BCUT2D eigenvalue weighted by molar-refractivity contribution is 6.99. The largest absolute Gasteiger partial charge is 0.426 e. The van der Waals surface area contributed by atoms with Gasteiger partial charge in [0.2, 0.25) is 16.6 Å². The molecule has 0 aliphatic heterocycles. The van der Waals surface area contributed by atoms with Crippen molar-refractivity contribution < 1.29 is 13.0 Å². The normalized spacial score (nSPS) is 11.7. The summed E-state index contributed by atoms with van der Waals surface area (Å²) in [5.74, 6) is 0. The van der Waals surface area contributed by atoms with E-state index >= 15 is 0 Å². The minimum absolute atomic E-state index is 0. The first-order chi connectivity index (χ1) is 13.2. The van der Waals surface area contributed by atoms with Crippen LogP contribution in [0.3, 0.4) is 0 Å². The summed E-state index contributed by atoms with van der Waals surface area (Å²) in [6.45, 7) is 17.5. The molecule has 166 valence electrons. The first-order valence-electron chi connectivity index (χ1n) is 9.61. The lowest BCUT2D eigenvalue weighted by Gasteiger charge is -2.37. The molecule has 0 aliphatic carbocycles. The van der Waals surface area contributed by atoms with Gasteiger partial charge in [0.1, 0.15) is 0 Å². The maximum Gasteiger partial charge on any atom is 0.397 e. The highest BCUT2D eigenvalue weighted by Gasteiger charge is 2.46. The summed E-state index contributed by atoms with van der Waals surface area (Å²) in [6.07, 6.45) is 0. The Balaban J connectivity index is 0.00000420. The molecule has 0 bridgehead atoms. The summed E-state index contributed by atoms with van der Waals surface area (Å²) in [6, 6.07) is 20.6. The zero-order chi connectivity index (χ0) is 20.7. The van der Waals surface area contributed by atoms with E-state index in [1.807, 2.05) is 47.8 Å². The Morgan fingerprint density at radius 2 is 1.07 bits per heavy atom. The quantitative estimate of drug-likeness (QED) is 0.331. The fraction of sp³-hybridized carbons (Fsp3) is 0.333. The van der Waals surface area contributed by atoms with Gasteiger partial charge in [0.05, 0.1) is 13.2 Å². The van der Waals surface area contributed by atoms with Gasteiger partial charge in [-0.1, -0.05) is 86.9 Å². The second-order valence-electron chi connectivity index (χ2n) is 7.76. The van der Waals surface area contributed by atoms with Crippen molar-refractivity contribution in [2.24, 2.45) is 0 Å². The molecule has 0 radical (unpaired) electrons. The molecule has 2 aromatic rings. The summed E-state index contributed by atoms with van der Waals surface area (Å²) in [5, 5.41) is 2.20. The Labute approximate surface area is 187 Å². The summed E-state index contributed by atoms with van der Waals surface area (Å²) in [5.41, 5.74) is 3.91. The van der Waals surface area contributed by atoms with Crippen LogP contribution in [0.1, 0.15) is 14.9 Å². The molecule has 2 rings (SSSR count). The average molecular weight is 461 g/mol. The van der Waals surface area contributed by atoms with E-state index in [0.717, 1.165) is 10.4 Å². The van der Waals surface area contributed by atoms with Gasteiger partial charge in [0.15, 0.2) is 0 Å².